The van der Waals surface area contributed by atoms with Crippen molar-refractivity contribution < 1.29 is 4.79 Å². The van der Waals surface area contributed by atoms with Gasteiger partial charge in [0.25, 0.3) is 5.91 Å². The fourth-order valence-electron chi connectivity index (χ4n) is 3.95. The van der Waals surface area contributed by atoms with E-state index in [4.69, 9.17) is 0 Å². The summed E-state index contributed by atoms with van der Waals surface area (Å²) >= 11 is 1.70. The zero-order valence-electron chi connectivity index (χ0n) is 13.6. The Bertz CT molecular complexity index is 733. The molecule has 0 spiro atoms. The highest BCUT2D eigenvalue weighted by Gasteiger charge is 2.24. The molecule has 4 rings (SSSR count). The molecular formula is C20H23NOS. The van der Waals surface area contributed by atoms with Crippen molar-refractivity contribution in [1.29, 1.82) is 0 Å². The highest BCUT2D eigenvalue weighted by Crippen LogP contribution is 2.33. The molecule has 0 saturated carbocycles. The molecule has 3 heteroatoms. The van der Waals surface area contributed by atoms with Crippen LogP contribution in [-0.4, -0.2) is 5.91 Å². The zero-order valence-corrected chi connectivity index (χ0v) is 14.4. The van der Waals surface area contributed by atoms with E-state index < -0.39 is 0 Å². The summed E-state index contributed by atoms with van der Waals surface area (Å²) in [7, 11) is 0. The van der Waals surface area contributed by atoms with Crippen LogP contribution in [0.4, 0.5) is 0 Å². The largest absolute Gasteiger partial charge is 0.345 e. The molecule has 120 valence electrons. The van der Waals surface area contributed by atoms with Crippen LogP contribution in [0.1, 0.15) is 63.5 Å². The Morgan fingerprint density at radius 1 is 1.17 bits per heavy atom. The Balaban J connectivity index is 1.53. The molecule has 2 nitrogen and oxygen atoms in total. The minimum atomic E-state index is 0.110. The molecule has 0 radical (unpaired) electrons. The maximum atomic E-state index is 12.7. The van der Waals surface area contributed by atoms with Gasteiger partial charge in [0.15, 0.2) is 0 Å². The Morgan fingerprint density at radius 3 is 2.96 bits per heavy atom. The first-order valence-corrected chi connectivity index (χ1v) is 9.52. The molecule has 0 aliphatic heterocycles. The number of hydrogen-bond donors (Lipinski definition) is 1. The molecule has 1 aromatic carbocycles. The molecule has 0 fully saturated rings. The van der Waals surface area contributed by atoms with E-state index in [0.29, 0.717) is 0 Å². The second-order valence-electron chi connectivity index (χ2n) is 7.02. The van der Waals surface area contributed by atoms with Gasteiger partial charge in [0.05, 0.1) is 10.9 Å². The van der Waals surface area contributed by atoms with E-state index in [0.717, 1.165) is 42.9 Å². The normalized spacial score (nSPS) is 23.0. The highest BCUT2D eigenvalue weighted by atomic mass is 32.1. The molecule has 2 atom stereocenters. The summed E-state index contributed by atoms with van der Waals surface area (Å²) in [5, 5.41) is 3.28. The number of benzene rings is 1. The predicted molar refractivity (Wildman–Crippen MR) is 95.1 cm³/mol. The van der Waals surface area contributed by atoms with Gasteiger partial charge in [-0.3, -0.25) is 4.79 Å². The van der Waals surface area contributed by atoms with E-state index in [-0.39, 0.29) is 11.9 Å². The summed E-state index contributed by atoms with van der Waals surface area (Å²) < 4.78 is 0. The lowest BCUT2D eigenvalue weighted by Crippen LogP contribution is -2.30. The molecule has 23 heavy (non-hydrogen) atoms. The molecule has 1 N–H and O–H groups in total. The summed E-state index contributed by atoms with van der Waals surface area (Å²) in [5.74, 6) is 0.858. The molecule has 1 aromatic heterocycles. The van der Waals surface area contributed by atoms with Gasteiger partial charge in [0, 0.05) is 4.88 Å². The van der Waals surface area contributed by atoms with Crippen LogP contribution >= 0.6 is 11.3 Å². The fraction of sp³-hybridized carbons (Fsp3) is 0.450. The summed E-state index contributed by atoms with van der Waals surface area (Å²) in [6, 6.07) is 10.8. The first-order valence-electron chi connectivity index (χ1n) is 8.71. The van der Waals surface area contributed by atoms with Crippen molar-refractivity contribution in [2.45, 2.75) is 51.5 Å². The third kappa shape index (κ3) is 2.94. The van der Waals surface area contributed by atoms with Gasteiger partial charge in [-0.2, -0.15) is 0 Å². The topological polar surface area (TPSA) is 29.1 Å². The monoisotopic (exact) mass is 325 g/mol. The van der Waals surface area contributed by atoms with Crippen LogP contribution < -0.4 is 5.32 Å². The lowest BCUT2D eigenvalue weighted by molar-refractivity contribution is 0.0937. The van der Waals surface area contributed by atoms with E-state index in [1.165, 1.54) is 28.0 Å². The van der Waals surface area contributed by atoms with Crippen molar-refractivity contribution in [3.8, 4) is 0 Å². The summed E-state index contributed by atoms with van der Waals surface area (Å²) in [6.07, 6.45) is 6.86. The van der Waals surface area contributed by atoms with Crippen molar-refractivity contribution in [3.63, 3.8) is 0 Å². The fourth-order valence-corrected chi connectivity index (χ4v) is 5.06. The number of carbonyl (C=O) groups is 1. The number of amides is 1. The van der Waals surface area contributed by atoms with Gasteiger partial charge in [-0.1, -0.05) is 31.2 Å². The smallest absolute Gasteiger partial charge is 0.261 e. The average molecular weight is 325 g/mol. The standard InChI is InChI=1S/C20H23NOS/c1-13-9-10-18-15(11-13)12-19(23-18)20(22)21-17-8-4-6-14-5-2-3-7-16(14)17/h2-3,5,7,12-13,17H,4,6,8-11H2,1H3,(H,21,22)/t13-,17+/m1/s1. The number of hydrogen-bond acceptors (Lipinski definition) is 2. The summed E-state index contributed by atoms with van der Waals surface area (Å²) in [5.41, 5.74) is 4.10. The summed E-state index contributed by atoms with van der Waals surface area (Å²) in [4.78, 5) is 15.0. The Hall–Kier alpha value is -1.61. The van der Waals surface area contributed by atoms with Crippen molar-refractivity contribution in [2.75, 3.05) is 0 Å². The second kappa shape index (κ2) is 6.12. The number of thiophene rings is 1. The van der Waals surface area contributed by atoms with E-state index in [1.807, 2.05) is 0 Å². The van der Waals surface area contributed by atoms with Crippen molar-refractivity contribution >= 4 is 17.2 Å². The van der Waals surface area contributed by atoms with Gasteiger partial charge < -0.3 is 5.32 Å². The molecular weight excluding hydrogens is 302 g/mol. The van der Waals surface area contributed by atoms with E-state index >= 15 is 0 Å². The van der Waals surface area contributed by atoms with Crippen molar-refractivity contribution in [1.82, 2.24) is 5.32 Å². The predicted octanol–water partition coefficient (Wildman–Crippen LogP) is 4.68. The highest BCUT2D eigenvalue weighted by molar-refractivity contribution is 7.14. The molecule has 1 heterocycles. The van der Waals surface area contributed by atoms with Crippen LogP contribution in [0.5, 0.6) is 0 Å². The zero-order chi connectivity index (χ0) is 15.8. The van der Waals surface area contributed by atoms with Gasteiger partial charge in [0.1, 0.15) is 0 Å². The van der Waals surface area contributed by atoms with E-state index in [9.17, 15) is 4.79 Å². The van der Waals surface area contributed by atoms with E-state index in [1.54, 1.807) is 11.3 Å². The van der Waals surface area contributed by atoms with Crippen molar-refractivity contribution in [3.05, 3.63) is 56.8 Å². The minimum Gasteiger partial charge on any atom is -0.345 e. The number of fused-ring (bicyclic) bond motifs is 2. The first kappa shape index (κ1) is 14.9. The first-order chi connectivity index (χ1) is 11.2. The molecule has 2 aromatic rings. The molecule has 0 unspecified atom stereocenters. The van der Waals surface area contributed by atoms with E-state index in [2.05, 4.69) is 42.6 Å². The molecule has 2 aliphatic rings. The Morgan fingerprint density at radius 2 is 2.04 bits per heavy atom. The van der Waals surface area contributed by atoms with Gasteiger partial charge >= 0.3 is 0 Å². The van der Waals surface area contributed by atoms with Crippen LogP contribution in [0.3, 0.4) is 0 Å². The second-order valence-corrected chi connectivity index (χ2v) is 8.16. The number of carbonyl (C=O) groups excluding carboxylic acids is 1. The third-order valence-corrected chi connectivity index (χ3v) is 6.46. The maximum Gasteiger partial charge on any atom is 0.261 e. The lowest BCUT2D eigenvalue weighted by atomic mass is 9.87. The Kier molecular flexibility index (Phi) is 3.98. The van der Waals surface area contributed by atoms with Crippen LogP contribution in [0.15, 0.2) is 30.3 Å². The quantitative estimate of drug-likeness (QED) is 0.853. The molecule has 2 aliphatic carbocycles. The Labute approximate surface area is 141 Å². The van der Waals surface area contributed by atoms with Crippen LogP contribution in [0, 0.1) is 5.92 Å². The van der Waals surface area contributed by atoms with Gasteiger partial charge in [-0.25, -0.2) is 0 Å². The maximum absolute atomic E-state index is 12.7. The number of rotatable bonds is 2. The van der Waals surface area contributed by atoms with Crippen molar-refractivity contribution in [2.24, 2.45) is 5.92 Å². The molecule has 0 saturated heterocycles. The minimum absolute atomic E-state index is 0.110. The third-order valence-electron chi connectivity index (χ3n) is 5.23. The number of nitrogens with one attached hydrogen (secondary N) is 1. The molecule has 0 bridgehead atoms. The SMILES string of the molecule is C[C@@H]1CCc2sc(C(=O)N[C@H]3CCCc4ccccc43)cc2C1. The lowest BCUT2D eigenvalue weighted by Gasteiger charge is -2.26. The van der Waals surface area contributed by atoms with Crippen LogP contribution in [-0.2, 0) is 19.3 Å². The van der Waals surface area contributed by atoms with Gasteiger partial charge in [-0.15, -0.1) is 11.3 Å². The van der Waals surface area contributed by atoms with Crippen LogP contribution in [0.2, 0.25) is 0 Å². The van der Waals surface area contributed by atoms with Gasteiger partial charge in [0.2, 0.25) is 0 Å². The average Bonchev–Trinajstić information content (AvgIpc) is 2.98. The molecule has 1 amide bonds. The van der Waals surface area contributed by atoms with Gasteiger partial charge in [-0.05, 0) is 67.2 Å². The number of aryl methyl sites for hydroxylation is 2. The van der Waals surface area contributed by atoms with Crippen LogP contribution in [0.25, 0.3) is 0 Å². The summed E-state index contributed by atoms with van der Waals surface area (Å²) in [6.45, 7) is 2.30.